The van der Waals surface area contributed by atoms with Gasteiger partial charge in [0.25, 0.3) is 0 Å². The first-order chi connectivity index (χ1) is 10.3. The van der Waals surface area contributed by atoms with E-state index in [1.807, 2.05) is 12.1 Å². The number of aromatic nitrogens is 1. The van der Waals surface area contributed by atoms with E-state index in [2.05, 4.69) is 15.2 Å². The summed E-state index contributed by atoms with van der Waals surface area (Å²) in [6.45, 7) is 2.50. The highest BCUT2D eigenvalue weighted by Gasteiger charge is 2.16. The number of hydrogen-bond acceptors (Lipinski definition) is 5. The molecule has 0 atom stereocenters. The zero-order valence-corrected chi connectivity index (χ0v) is 11.8. The van der Waals surface area contributed by atoms with Gasteiger partial charge in [0.1, 0.15) is 0 Å². The lowest BCUT2D eigenvalue weighted by Gasteiger charge is -2.20. The Kier molecular flexibility index (Phi) is 3.81. The van der Waals surface area contributed by atoms with Gasteiger partial charge in [-0.15, -0.1) is 0 Å². The molecule has 3 N–H and O–H groups in total. The predicted octanol–water partition coefficient (Wildman–Crippen LogP) is 2.71. The third kappa shape index (κ3) is 2.86. The van der Waals surface area contributed by atoms with E-state index in [9.17, 15) is 10.2 Å². The van der Waals surface area contributed by atoms with Gasteiger partial charge in [0.05, 0.1) is 5.69 Å². The minimum Gasteiger partial charge on any atom is -0.504 e. The molecule has 0 unspecified atom stereocenters. The van der Waals surface area contributed by atoms with Crippen molar-refractivity contribution >= 4 is 11.5 Å². The lowest BCUT2D eigenvalue weighted by molar-refractivity contribution is 0.400. The summed E-state index contributed by atoms with van der Waals surface area (Å²) in [5.41, 5.74) is 1.60. The third-order valence-corrected chi connectivity index (χ3v) is 3.76. The third-order valence-electron chi connectivity index (χ3n) is 3.76. The molecule has 2 aromatic rings. The van der Waals surface area contributed by atoms with Crippen molar-refractivity contribution in [3.05, 3.63) is 42.1 Å². The molecule has 1 aromatic heterocycles. The molecule has 2 heterocycles. The summed E-state index contributed by atoms with van der Waals surface area (Å²) in [7, 11) is 0. The standard InChI is InChI=1S/C16H19N3O2/c20-14-7-3-5-12(15(14)21)11-18-13-6-4-8-17-16(13)19-9-1-2-10-19/h3-8,18,20-21H,1-2,9-11H2. The van der Waals surface area contributed by atoms with Crippen LogP contribution in [-0.2, 0) is 6.54 Å². The van der Waals surface area contributed by atoms with E-state index >= 15 is 0 Å². The number of aromatic hydroxyl groups is 2. The largest absolute Gasteiger partial charge is 0.504 e. The number of phenolic OH excluding ortho intramolecular Hbond substituents is 2. The SMILES string of the molecule is Oc1cccc(CNc2cccnc2N2CCCC2)c1O. The summed E-state index contributed by atoms with van der Waals surface area (Å²) in [6, 6.07) is 8.86. The lowest BCUT2D eigenvalue weighted by Crippen LogP contribution is -2.20. The fraction of sp³-hybridized carbons (Fsp3) is 0.312. The molecule has 0 spiro atoms. The molecule has 3 rings (SSSR count). The summed E-state index contributed by atoms with van der Waals surface area (Å²) in [4.78, 5) is 6.73. The van der Waals surface area contributed by atoms with Crippen LogP contribution in [-0.4, -0.2) is 28.3 Å². The maximum absolute atomic E-state index is 9.84. The van der Waals surface area contributed by atoms with E-state index in [0.29, 0.717) is 12.1 Å². The van der Waals surface area contributed by atoms with Gasteiger partial charge in [-0.25, -0.2) is 4.98 Å². The van der Waals surface area contributed by atoms with Crippen LogP contribution in [0.2, 0.25) is 0 Å². The fourth-order valence-electron chi connectivity index (χ4n) is 2.63. The molecule has 1 saturated heterocycles. The van der Waals surface area contributed by atoms with Crippen molar-refractivity contribution in [1.29, 1.82) is 0 Å². The van der Waals surface area contributed by atoms with Crippen LogP contribution in [0.3, 0.4) is 0 Å². The highest BCUT2D eigenvalue weighted by molar-refractivity contribution is 5.66. The highest BCUT2D eigenvalue weighted by Crippen LogP contribution is 2.30. The van der Waals surface area contributed by atoms with E-state index in [-0.39, 0.29) is 11.5 Å². The maximum atomic E-state index is 9.84. The number of nitrogens with one attached hydrogen (secondary N) is 1. The van der Waals surface area contributed by atoms with Gasteiger partial charge in [0, 0.05) is 31.4 Å². The summed E-state index contributed by atoms with van der Waals surface area (Å²) in [5.74, 6) is 0.784. The van der Waals surface area contributed by atoms with E-state index in [0.717, 1.165) is 24.6 Å². The average molecular weight is 285 g/mol. The number of anilines is 2. The number of phenols is 2. The van der Waals surface area contributed by atoms with Crippen LogP contribution in [0.15, 0.2) is 36.5 Å². The van der Waals surface area contributed by atoms with Gasteiger partial charge in [-0.2, -0.15) is 0 Å². The van der Waals surface area contributed by atoms with Gasteiger partial charge >= 0.3 is 0 Å². The van der Waals surface area contributed by atoms with Crippen LogP contribution in [0.4, 0.5) is 11.5 Å². The number of para-hydroxylation sites is 1. The van der Waals surface area contributed by atoms with Gasteiger partial charge < -0.3 is 20.4 Å². The van der Waals surface area contributed by atoms with E-state index < -0.39 is 0 Å². The molecule has 0 aliphatic carbocycles. The van der Waals surface area contributed by atoms with Crippen molar-refractivity contribution in [3.8, 4) is 11.5 Å². The zero-order valence-electron chi connectivity index (χ0n) is 11.8. The summed E-state index contributed by atoms with van der Waals surface area (Å²) < 4.78 is 0. The Morgan fingerprint density at radius 3 is 2.71 bits per heavy atom. The molecule has 0 amide bonds. The minimum absolute atomic E-state index is 0.0726. The Morgan fingerprint density at radius 1 is 1.10 bits per heavy atom. The zero-order chi connectivity index (χ0) is 14.7. The molecule has 1 aliphatic heterocycles. The van der Waals surface area contributed by atoms with Crippen molar-refractivity contribution in [2.75, 3.05) is 23.3 Å². The van der Waals surface area contributed by atoms with Gasteiger partial charge in [0.15, 0.2) is 17.3 Å². The smallest absolute Gasteiger partial charge is 0.162 e. The van der Waals surface area contributed by atoms with Crippen LogP contribution in [0.5, 0.6) is 11.5 Å². The lowest BCUT2D eigenvalue weighted by atomic mass is 10.2. The Labute approximate surface area is 123 Å². The van der Waals surface area contributed by atoms with Crippen LogP contribution in [0.1, 0.15) is 18.4 Å². The molecular weight excluding hydrogens is 266 g/mol. The number of benzene rings is 1. The maximum Gasteiger partial charge on any atom is 0.162 e. The van der Waals surface area contributed by atoms with Crippen LogP contribution >= 0.6 is 0 Å². The van der Waals surface area contributed by atoms with Crippen LogP contribution in [0.25, 0.3) is 0 Å². The van der Waals surface area contributed by atoms with Crippen molar-refractivity contribution in [3.63, 3.8) is 0 Å². The van der Waals surface area contributed by atoms with Gasteiger partial charge in [-0.05, 0) is 31.0 Å². The molecule has 1 aliphatic rings. The number of nitrogens with zero attached hydrogens (tertiary/aromatic N) is 2. The number of hydrogen-bond donors (Lipinski definition) is 3. The normalized spacial score (nSPS) is 14.4. The van der Waals surface area contributed by atoms with E-state index in [1.165, 1.54) is 18.9 Å². The van der Waals surface area contributed by atoms with Gasteiger partial charge in [-0.1, -0.05) is 12.1 Å². The Balaban J connectivity index is 1.77. The average Bonchev–Trinajstić information content (AvgIpc) is 3.03. The Bertz CT molecular complexity index is 625. The van der Waals surface area contributed by atoms with Crippen molar-refractivity contribution in [1.82, 2.24) is 4.98 Å². The van der Waals surface area contributed by atoms with E-state index in [1.54, 1.807) is 18.3 Å². The molecule has 110 valence electrons. The first-order valence-corrected chi connectivity index (χ1v) is 7.19. The molecule has 5 heteroatoms. The van der Waals surface area contributed by atoms with Crippen molar-refractivity contribution < 1.29 is 10.2 Å². The Morgan fingerprint density at radius 2 is 1.90 bits per heavy atom. The quantitative estimate of drug-likeness (QED) is 0.754. The number of rotatable bonds is 4. The van der Waals surface area contributed by atoms with Crippen molar-refractivity contribution in [2.24, 2.45) is 0 Å². The molecule has 1 fully saturated rings. The molecule has 0 saturated carbocycles. The fourth-order valence-corrected chi connectivity index (χ4v) is 2.63. The first kappa shape index (κ1) is 13.5. The summed E-state index contributed by atoms with van der Waals surface area (Å²) in [6.07, 6.45) is 4.19. The van der Waals surface area contributed by atoms with Crippen LogP contribution < -0.4 is 10.2 Å². The van der Waals surface area contributed by atoms with Gasteiger partial charge in [0.2, 0.25) is 0 Å². The second kappa shape index (κ2) is 5.91. The van der Waals surface area contributed by atoms with Crippen LogP contribution in [0, 0.1) is 0 Å². The molecule has 1 aromatic carbocycles. The molecule has 5 nitrogen and oxygen atoms in total. The second-order valence-corrected chi connectivity index (χ2v) is 5.21. The molecule has 0 bridgehead atoms. The highest BCUT2D eigenvalue weighted by atomic mass is 16.3. The monoisotopic (exact) mass is 285 g/mol. The van der Waals surface area contributed by atoms with E-state index in [4.69, 9.17) is 0 Å². The molecule has 0 radical (unpaired) electrons. The van der Waals surface area contributed by atoms with Crippen molar-refractivity contribution in [2.45, 2.75) is 19.4 Å². The molecule has 21 heavy (non-hydrogen) atoms. The second-order valence-electron chi connectivity index (χ2n) is 5.21. The summed E-state index contributed by atoms with van der Waals surface area (Å²) in [5, 5.41) is 22.7. The van der Waals surface area contributed by atoms with Gasteiger partial charge in [-0.3, -0.25) is 0 Å². The molecular formula is C16H19N3O2. The first-order valence-electron chi connectivity index (χ1n) is 7.19. The Hall–Kier alpha value is -2.43. The predicted molar refractivity (Wildman–Crippen MR) is 82.8 cm³/mol. The number of pyridine rings is 1. The topological polar surface area (TPSA) is 68.6 Å². The minimum atomic E-state index is -0.0970. The summed E-state index contributed by atoms with van der Waals surface area (Å²) >= 11 is 0.